The lowest BCUT2D eigenvalue weighted by molar-refractivity contribution is -0.131. The van der Waals surface area contributed by atoms with Gasteiger partial charge in [0.1, 0.15) is 0 Å². The first-order chi connectivity index (χ1) is 4.72. The summed E-state index contributed by atoms with van der Waals surface area (Å²) in [5, 5.41) is 3.23. The first-order valence-electron chi connectivity index (χ1n) is 3.69. The molecule has 66 valence electrons. The summed E-state index contributed by atoms with van der Waals surface area (Å²) in [7, 11) is 0. The fourth-order valence-corrected chi connectivity index (χ4v) is 1.31. The highest BCUT2D eigenvalue weighted by atomic mass is 35.5. The Morgan fingerprint density at radius 3 is 2.64 bits per heavy atom. The lowest BCUT2D eigenvalue weighted by atomic mass is 10.2. The molecule has 1 aliphatic heterocycles. The van der Waals surface area contributed by atoms with Gasteiger partial charge in [0.2, 0.25) is 5.91 Å². The van der Waals surface area contributed by atoms with Crippen molar-refractivity contribution in [3.8, 4) is 0 Å². The number of rotatable bonds is 0. The molecule has 0 saturated carbocycles. The SMILES string of the molecule is CC(=O)N1CCNC[C@H]1C.Cl. The molecule has 4 heteroatoms. The molecule has 1 saturated heterocycles. The Kier molecular flexibility index (Phi) is 4.45. The van der Waals surface area contributed by atoms with E-state index in [0.717, 1.165) is 19.6 Å². The number of carbonyl (C=O) groups is 1. The van der Waals surface area contributed by atoms with Crippen molar-refractivity contribution in [3.05, 3.63) is 0 Å². The zero-order chi connectivity index (χ0) is 7.56. The predicted octanol–water partition coefficient (Wildman–Crippen LogP) is 0.248. The van der Waals surface area contributed by atoms with Gasteiger partial charge in [0.05, 0.1) is 0 Å². The maximum atomic E-state index is 10.9. The van der Waals surface area contributed by atoms with Crippen LogP contribution in [-0.4, -0.2) is 36.5 Å². The minimum absolute atomic E-state index is 0. The van der Waals surface area contributed by atoms with Gasteiger partial charge in [-0.2, -0.15) is 0 Å². The van der Waals surface area contributed by atoms with Crippen LogP contribution in [0.25, 0.3) is 0 Å². The van der Waals surface area contributed by atoms with Gasteiger partial charge in [-0.15, -0.1) is 12.4 Å². The average Bonchev–Trinajstić information content (AvgIpc) is 1.88. The normalized spacial score (nSPS) is 24.2. The van der Waals surface area contributed by atoms with Crippen molar-refractivity contribution in [2.75, 3.05) is 19.6 Å². The zero-order valence-electron chi connectivity index (χ0n) is 6.96. The Morgan fingerprint density at radius 2 is 2.27 bits per heavy atom. The van der Waals surface area contributed by atoms with Crippen molar-refractivity contribution in [2.45, 2.75) is 19.9 Å². The smallest absolute Gasteiger partial charge is 0.219 e. The largest absolute Gasteiger partial charge is 0.338 e. The van der Waals surface area contributed by atoms with E-state index in [1.165, 1.54) is 0 Å². The standard InChI is InChI=1S/C7H14N2O.ClH/c1-6-5-8-3-4-9(6)7(2)10;/h6,8H,3-5H2,1-2H3;1H/t6-;/m1./s1. The van der Waals surface area contributed by atoms with Crippen molar-refractivity contribution in [1.29, 1.82) is 0 Å². The summed E-state index contributed by atoms with van der Waals surface area (Å²) in [4.78, 5) is 12.8. The first-order valence-corrected chi connectivity index (χ1v) is 3.69. The molecule has 0 aromatic rings. The second kappa shape index (κ2) is 4.57. The molecular weight excluding hydrogens is 164 g/mol. The number of piperazine rings is 1. The molecule has 0 radical (unpaired) electrons. The number of hydrogen-bond acceptors (Lipinski definition) is 2. The molecule has 0 aromatic heterocycles. The van der Waals surface area contributed by atoms with Crippen molar-refractivity contribution in [1.82, 2.24) is 10.2 Å². The number of nitrogens with one attached hydrogen (secondary N) is 1. The van der Waals surface area contributed by atoms with Gasteiger partial charge < -0.3 is 10.2 Å². The van der Waals surface area contributed by atoms with Crippen LogP contribution in [0.1, 0.15) is 13.8 Å². The Bertz CT molecular complexity index is 140. The van der Waals surface area contributed by atoms with Gasteiger partial charge >= 0.3 is 0 Å². The van der Waals surface area contributed by atoms with Crippen LogP contribution in [0, 0.1) is 0 Å². The van der Waals surface area contributed by atoms with E-state index in [4.69, 9.17) is 0 Å². The first kappa shape index (κ1) is 10.7. The van der Waals surface area contributed by atoms with E-state index in [2.05, 4.69) is 12.2 Å². The molecule has 1 atom stereocenters. The van der Waals surface area contributed by atoms with E-state index in [9.17, 15) is 4.79 Å². The van der Waals surface area contributed by atoms with Crippen LogP contribution in [0.3, 0.4) is 0 Å². The molecule has 1 fully saturated rings. The Hall–Kier alpha value is -0.280. The molecule has 3 nitrogen and oxygen atoms in total. The Balaban J connectivity index is 0.000001000. The molecule has 0 bridgehead atoms. The number of hydrogen-bond donors (Lipinski definition) is 1. The number of halogens is 1. The lowest BCUT2D eigenvalue weighted by Gasteiger charge is -2.32. The third-order valence-electron chi connectivity index (χ3n) is 1.91. The van der Waals surface area contributed by atoms with E-state index in [-0.39, 0.29) is 18.3 Å². The highest BCUT2D eigenvalue weighted by molar-refractivity contribution is 5.85. The number of amides is 1. The molecule has 0 unspecified atom stereocenters. The van der Waals surface area contributed by atoms with Crippen LogP contribution in [0.4, 0.5) is 0 Å². The Labute approximate surface area is 73.5 Å². The van der Waals surface area contributed by atoms with Crippen molar-refractivity contribution < 1.29 is 4.79 Å². The minimum atomic E-state index is 0. The molecule has 1 rings (SSSR count). The van der Waals surface area contributed by atoms with Crippen molar-refractivity contribution >= 4 is 18.3 Å². The third kappa shape index (κ3) is 2.67. The fourth-order valence-electron chi connectivity index (χ4n) is 1.31. The van der Waals surface area contributed by atoms with E-state index in [1.54, 1.807) is 6.92 Å². The van der Waals surface area contributed by atoms with Gasteiger partial charge in [0, 0.05) is 32.6 Å². The quantitative estimate of drug-likeness (QED) is 0.577. The summed E-state index contributed by atoms with van der Waals surface area (Å²) in [5.41, 5.74) is 0. The minimum Gasteiger partial charge on any atom is -0.338 e. The van der Waals surface area contributed by atoms with Crippen molar-refractivity contribution in [3.63, 3.8) is 0 Å². The van der Waals surface area contributed by atoms with Crippen LogP contribution >= 0.6 is 12.4 Å². The molecule has 1 N–H and O–H groups in total. The summed E-state index contributed by atoms with van der Waals surface area (Å²) in [6, 6.07) is 0.367. The van der Waals surface area contributed by atoms with E-state index in [1.807, 2.05) is 4.90 Å². The maximum Gasteiger partial charge on any atom is 0.219 e. The van der Waals surface area contributed by atoms with Gasteiger partial charge in [-0.25, -0.2) is 0 Å². The molecule has 1 aliphatic rings. The molecule has 0 aliphatic carbocycles. The summed E-state index contributed by atoms with van der Waals surface area (Å²) >= 11 is 0. The van der Waals surface area contributed by atoms with Crippen LogP contribution < -0.4 is 5.32 Å². The fraction of sp³-hybridized carbons (Fsp3) is 0.857. The van der Waals surface area contributed by atoms with Crippen LogP contribution in [0.2, 0.25) is 0 Å². The van der Waals surface area contributed by atoms with E-state index >= 15 is 0 Å². The zero-order valence-corrected chi connectivity index (χ0v) is 7.78. The van der Waals surface area contributed by atoms with Gasteiger partial charge in [-0.05, 0) is 6.92 Å². The van der Waals surface area contributed by atoms with Gasteiger partial charge in [-0.3, -0.25) is 4.79 Å². The summed E-state index contributed by atoms with van der Waals surface area (Å²) in [6.45, 7) is 6.41. The Morgan fingerprint density at radius 1 is 1.64 bits per heavy atom. The van der Waals surface area contributed by atoms with E-state index in [0.29, 0.717) is 6.04 Å². The van der Waals surface area contributed by atoms with Crippen LogP contribution in [0.5, 0.6) is 0 Å². The number of nitrogens with zero attached hydrogens (tertiary/aromatic N) is 1. The maximum absolute atomic E-state index is 10.9. The topological polar surface area (TPSA) is 32.3 Å². The summed E-state index contributed by atoms with van der Waals surface area (Å²) in [5.74, 6) is 0.189. The molecule has 11 heavy (non-hydrogen) atoms. The van der Waals surface area contributed by atoms with Crippen LogP contribution in [0.15, 0.2) is 0 Å². The molecular formula is C7H15ClN2O. The third-order valence-corrected chi connectivity index (χ3v) is 1.91. The second-order valence-corrected chi connectivity index (χ2v) is 2.77. The summed E-state index contributed by atoms with van der Waals surface area (Å²) in [6.07, 6.45) is 0. The van der Waals surface area contributed by atoms with Crippen molar-refractivity contribution in [2.24, 2.45) is 0 Å². The molecule has 1 amide bonds. The average molecular weight is 179 g/mol. The molecule has 0 spiro atoms. The van der Waals surface area contributed by atoms with Gasteiger partial charge in [-0.1, -0.05) is 0 Å². The molecule has 1 heterocycles. The summed E-state index contributed by atoms with van der Waals surface area (Å²) < 4.78 is 0. The van der Waals surface area contributed by atoms with E-state index < -0.39 is 0 Å². The van der Waals surface area contributed by atoms with Gasteiger partial charge in [0.15, 0.2) is 0 Å². The highest BCUT2D eigenvalue weighted by Gasteiger charge is 2.18. The monoisotopic (exact) mass is 178 g/mol. The van der Waals surface area contributed by atoms with Crippen LogP contribution in [-0.2, 0) is 4.79 Å². The number of carbonyl (C=O) groups excluding carboxylic acids is 1. The van der Waals surface area contributed by atoms with Gasteiger partial charge in [0.25, 0.3) is 0 Å². The second-order valence-electron chi connectivity index (χ2n) is 2.77. The lowest BCUT2D eigenvalue weighted by Crippen LogP contribution is -2.51. The predicted molar refractivity (Wildman–Crippen MR) is 47.0 cm³/mol. The highest BCUT2D eigenvalue weighted by Crippen LogP contribution is 2.01. The molecule has 0 aromatic carbocycles.